The number of hydrogen-bond acceptors (Lipinski definition) is 2. The lowest BCUT2D eigenvalue weighted by molar-refractivity contribution is 0.313. The molecule has 0 fully saturated rings. The molecule has 1 atom stereocenters. The standard InChI is InChI=1S/C17H29NO/c1-6-8-19-17-9-13(5)16(12(3)4)11-14(17)10-15(18)7-2/h9,11-12,15H,6-8,10,18H2,1-5H3. The molecule has 19 heavy (non-hydrogen) atoms. The smallest absolute Gasteiger partial charge is 0.122 e. The molecule has 1 aromatic carbocycles. The highest BCUT2D eigenvalue weighted by molar-refractivity contribution is 5.44. The van der Waals surface area contributed by atoms with Crippen molar-refractivity contribution in [3.05, 3.63) is 28.8 Å². The number of nitrogens with two attached hydrogens (primary N) is 1. The minimum Gasteiger partial charge on any atom is -0.493 e. The second kappa shape index (κ2) is 7.54. The highest BCUT2D eigenvalue weighted by Gasteiger charge is 2.13. The van der Waals surface area contributed by atoms with Crippen molar-refractivity contribution in [3.63, 3.8) is 0 Å². The maximum atomic E-state index is 6.11. The SMILES string of the molecule is CCCOc1cc(C)c(C(C)C)cc1CC(N)CC. The second-order valence-electron chi connectivity index (χ2n) is 5.69. The van der Waals surface area contributed by atoms with E-state index in [1.54, 1.807) is 0 Å². The summed E-state index contributed by atoms with van der Waals surface area (Å²) in [6.07, 6.45) is 2.93. The van der Waals surface area contributed by atoms with Gasteiger partial charge in [-0.25, -0.2) is 0 Å². The Morgan fingerprint density at radius 3 is 2.42 bits per heavy atom. The van der Waals surface area contributed by atoms with Gasteiger partial charge in [0.25, 0.3) is 0 Å². The van der Waals surface area contributed by atoms with Crippen LogP contribution < -0.4 is 10.5 Å². The van der Waals surface area contributed by atoms with Crippen LogP contribution in [0.3, 0.4) is 0 Å². The molecule has 0 heterocycles. The zero-order chi connectivity index (χ0) is 14.4. The molecular formula is C17H29NO. The predicted octanol–water partition coefficient (Wildman–Crippen LogP) is 4.19. The lowest BCUT2D eigenvalue weighted by atomic mass is 9.92. The third kappa shape index (κ3) is 4.54. The van der Waals surface area contributed by atoms with Crippen LogP contribution in [0.5, 0.6) is 5.75 Å². The van der Waals surface area contributed by atoms with Gasteiger partial charge in [0.2, 0.25) is 0 Å². The molecule has 0 amide bonds. The van der Waals surface area contributed by atoms with E-state index in [0.717, 1.165) is 31.6 Å². The molecule has 0 radical (unpaired) electrons. The fourth-order valence-electron chi connectivity index (χ4n) is 2.30. The third-order valence-electron chi connectivity index (χ3n) is 3.54. The zero-order valence-corrected chi connectivity index (χ0v) is 13.1. The van der Waals surface area contributed by atoms with Crippen LogP contribution in [0.4, 0.5) is 0 Å². The van der Waals surface area contributed by atoms with E-state index in [2.05, 4.69) is 46.8 Å². The topological polar surface area (TPSA) is 35.2 Å². The Hall–Kier alpha value is -1.02. The van der Waals surface area contributed by atoms with Crippen molar-refractivity contribution in [2.24, 2.45) is 5.73 Å². The lowest BCUT2D eigenvalue weighted by Crippen LogP contribution is -2.22. The zero-order valence-electron chi connectivity index (χ0n) is 13.1. The molecule has 0 bridgehead atoms. The molecule has 0 aliphatic rings. The van der Waals surface area contributed by atoms with E-state index in [-0.39, 0.29) is 6.04 Å². The average molecular weight is 263 g/mol. The number of rotatable bonds is 7. The number of ether oxygens (including phenoxy) is 1. The molecule has 0 saturated heterocycles. The van der Waals surface area contributed by atoms with Crippen molar-refractivity contribution in [1.29, 1.82) is 0 Å². The van der Waals surface area contributed by atoms with Gasteiger partial charge < -0.3 is 10.5 Å². The molecule has 0 spiro atoms. The number of hydrogen-bond donors (Lipinski definition) is 1. The minimum atomic E-state index is 0.215. The summed E-state index contributed by atoms with van der Waals surface area (Å²) in [4.78, 5) is 0. The van der Waals surface area contributed by atoms with Crippen LogP contribution in [0.15, 0.2) is 12.1 Å². The van der Waals surface area contributed by atoms with Gasteiger partial charge in [-0.1, -0.05) is 33.8 Å². The van der Waals surface area contributed by atoms with Crippen LogP contribution in [0.2, 0.25) is 0 Å². The molecule has 1 rings (SSSR count). The maximum Gasteiger partial charge on any atom is 0.122 e. The van der Waals surface area contributed by atoms with E-state index in [1.807, 2.05) is 0 Å². The molecule has 2 nitrogen and oxygen atoms in total. The summed E-state index contributed by atoms with van der Waals surface area (Å²) in [5, 5.41) is 0. The Morgan fingerprint density at radius 1 is 1.21 bits per heavy atom. The van der Waals surface area contributed by atoms with Crippen molar-refractivity contribution in [3.8, 4) is 5.75 Å². The summed E-state index contributed by atoms with van der Waals surface area (Å²) in [6, 6.07) is 4.69. The highest BCUT2D eigenvalue weighted by atomic mass is 16.5. The summed E-state index contributed by atoms with van der Waals surface area (Å²) in [7, 11) is 0. The van der Waals surface area contributed by atoms with Gasteiger partial charge in [0.1, 0.15) is 5.75 Å². The first kappa shape index (κ1) is 16.0. The molecule has 0 aliphatic carbocycles. The Bertz CT molecular complexity index is 398. The Morgan fingerprint density at radius 2 is 1.89 bits per heavy atom. The molecule has 2 heteroatoms. The van der Waals surface area contributed by atoms with Crippen LogP contribution in [-0.4, -0.2) is 12.6 Å². The fourth-order valence-corrected chi connectivity index (χ4v) is 2.30. The molecule has 0 saturated carbocycles. The molecule has 1 aromatic rings. The molecule has 2 N–H and O–H groups in total. The lowest BCUT2D eigenvalue weighted by Gasteiger charge is -2.19. The Labute approximate surface area is 118 Å². The first-order chi connectivity index (χ1) is 8.99. The Balaban J connectivity index is 3.09. The normalized spacial score (nSPS) is 12.8. The van der Waals surface area contributed by atoms with Crippen molar-refractivity contribution in [1.82, 2.24) is 0 Å². The Kier molecular flexibility index (Phi) is 6.36. The summed E-state index contributed by atoms with van der Waals surface area (Å²) in [5.41, 5.74) is 10.1. The van der Waals surface area contributed by atoms with E-state index in [9.17, 15) is 0 Å². The van der Waals surface area contributed by atoms with Crippen molar-refractivity contribution < 1.29 is 4.74 Å². The van der Waals surface area contributed by atoms with Crippen LogP contribution in [-0.2, 0) is 6.42 Å². The van der Waals surface area contributed by atoms with Crippen LogP contribution in [0.25, 0.3) is 0 Å². The van der Waals surface area contributed by atoms with Gasteiger partial charge in [-0.15, -0.1) is 0 Å². The summed E-state index contributed by atoms with van der Waals surface area (Å²) in [5.74, 6) is 1.56. The summed E-state index contributed by atoms with van der Waals surface area (Å²) in [6.45, 7) is 11.7. The summed E-state index contributed by atoms with van der Waals surface area (Å²) < 4.78 is 5.89. The fraction of sp³-hybridized carbons (Fsp3) is 0.647. The van der Waals surface area contributed by atoms with E-state index >= 15 is 0 Å². The van der Waals surface area contributed by atoms with E-state index in [1.165, 1.54) is 16.7 Å². The molecule has 108 valence electrons. The minimum absolute atomic E-state index is 0.215. The van der Waals surface area contributed by atoms with Gasteiger partial charge in [-0.05, 0) is 54.9 Å². The quantitative estimate of drug-likeness (QED) is 0.800. The molecule has 1 unspecified atom stereocenters. The van der Waals surface area contributed by atoms with E-state index in [4.69, 9.17) is 10.5 Å². The maximum absolute atomic E-state index is 6.11. The van der Waals surface area contributed by atoms with Crippen LogP contribution in [0.1, 0.15) is 63.1 Å². The van der Waals surface area contributed by atoms with Crippen molar-refractivity contribution >= 4 is 0 Å². The van der Waals surface area contributed by atoms with Crippen molar-refractivity contribution in [2.45, 2.75) is 65.8 Å². The van der Waals surface area contributed by atoms with Gasteiger partial charge >= 0.3 is 0 Å². The van der Waals surface area contributed by atoms with Crippen molar-refractivity contribution in [2.75, 3.05) is 6.61 Å². The summed E-state index contributed by atoms with van der Waals surface area (Å²) >= 11 is 0. The first-order valence-electron chi connectivity index (χ1n) is 7.51. The van der Waals surface area contributed by atoms with Gasteiger partial charge in [-0.3, -0.25) is 0 Å². The predicted molar refractivity (Wildman–Crippen MR) is 83.0 cm³/mol. The average Bonchev–Trinajstić information content (AvgIpc) is 2.37. The molecule has 0 aromatic heterocycles. The molecule has 0 aliphatic heterocycles. The van der Waals surface area contributed by atoms with Crippen LogP contribution in [0, 0.1) is 6.92 Å². The number of benzene rings is 1. The van der Waals surface area contributed by atoms with E-state index < -0.39 is 0 Å². The third-order valence-corrected chi connectivity index (χ3v) is 3.54. The van der Waals surface area contributed by atoms with Gasteiger partial charge in [0.15, 0.2) is 0 Å². The van der Waals surface area contributed by atoms with E-state index in [0.29, 0.717) is 5.92 Å². The second-order valence-corrected chi connectivity index (χ2v) is 5.69. The highest BCUT2D eigenvalue weighted by Crippen LogP contribution is 2.29. The van der Waals surface area contributed by atoms with Crippen LogP contribution >= 0.6 is 0 Å². The molecular weight excluding hydrogens is 234 g/mol. The largest absolute Gasteiger partial charge is 0.493 e. The number of aryl methyl sites for hydroxylation is 1. The first-order valence-corrected chi connectivity index (χ1v) is 7.51. The van der Waals surface area contributed by atoms with Gasteiger partial charge in [-0.2, -0.15) is 0 Å². The van der Waals surface area contributed by atoms with Gasteiger partial charge in [0, 0.05) is 6.04 Å². The van der Waals surface area contributed by atoms with Gasteiger partial charge in [0.05, 0.1) is 6.61 Å². The monoisotopic (exact) mass is 263 g/mol.